The van der Waals surface area contributed by atoms with Gasteiger partial charge in [0.25, 0.3) is 0 Å². The van der Waals surface area contributed by atoms with Crippen LogP contribution >= 0.6 is 24.0 Å². The van der Waals surface area contributed by atoms with Gasteiger partial charge in [-0.15, -0.1) is 0 Å². The molecule has 2 aliphatic rings. The highest BCUT2D eigenvalue weighted by Gasteiger charge is 2.44. The fourth-order valence-electron chi connectivity index (χ4n) is 3.46. The SMILES string of the molecule is CC.CP(C)N1C(=O)CCC2(C)C1=CCc1cc(Br)ccc12. The van der Waals surface area contributed by atoms with Crippen LogP contribution in [0.2, 0.25) is 0 Å². The summed E-state index contributed by atoms with van der Waals surface area (Å²) in [7, 11) is -0.423. The summed E-state index contributed by atoms with van der Waals surface area (Å²) in [6, 6.07) is 6.57. The molecular weight excluding hydrogens is 357 g/mol. The number of hydrogen-bond donors (Lipinski definition) is 0. The molecule has 1 aliphatic heterocycles. The van der Waals surface area contributed by atoms with Crippen LogP contribution in [-0.4, -0.2) is 23.9 Å². The molecule has 0 spiro atoms. The third-order valence-electron chi connectivity index (χ3n) is 4.45. The van der Waals surface area contributed by atoms with Gasteiger partial charge in [-0.05, 0) is 64.4 Å². The number of fused-ring (bicyclic) bond motifs is 3. The molecule has 1 atom stereocenters. The standard InChI is InChI=1S/C16H19BrNOP.C2H6/c1-16-9-8-15(19)18(20(2)3)14(16)7-4-11-10-12(17)5-6-13(11)16;1-2/h5-7,10H,4,8-9H2,1-3H3;1-2H3. The quantitative estimate of drug-likeness (QED) is 0.592. The molecule has 120 valence electrons. The lowest BCUT2D eigenvalue weighted by molar-refractivity contribution is -0.127. The molecule has 2 nitrogen and oxygen atoms in total. The molecule has 1 heterocycles. The molecule has 0 aromatic heterocycles. The minimum atomic E-state index is -0.423. The molecular formula is C18H25BrNOP. The summed E-state index contributed by atoms with van der Waals surface area (Å²) < 4.78 is 3.21. The third-order valence-corrected chi connectivity index (χ3v) is 6.18. The average molecular weight is 382 g/mol. The number of hydrogen-bond acceptors (Lipinski definition) is 1. The third kappa shape index (κ3) is 2.90. The Hall–Kier alpha value is -0.660. The molecule has 1 fully saturated rings. The van der Waals surface area contributed by atoms with Crippen molar-refractivity contribution in [3.8, 4) is 0 Å². The number of carbonyl (C=O) groups is 1. The Kier molecular flexibility index (Phi) is 5.50. The van der Waals surface area contributed by atoms with E-state index in [0.29, 0.717) is 12.3 Å². The summed E-state index contributed by atoms with van der Waals surface area (Å²) in [6.07, 6.45) is 4.77. The van der Waals surface area contributed by atoms with Crippen molar-refractivity contribution in [2.75, 3.05) is 13.3 Å². The van der Waals surface area contributed by atoms with Gasteiger partial charge in [0.15, 0.2) is 0 Å². The van der Waals surface area contributed by atoms with E-state index in [1.165, 1.54) is 16.8 Å². The van der Waals surface area contributed by atoms with Crippen LogP contribution in [0.3, 0.4) is 0 Å². The zero-order chi connectivity index (χ0) is 16.5. The minimum absolute atomic E-state index is 0.00516. The molecule has 0 radical (unpaired) electrons. The van der Waals surface area contributed by atoms with Crippen LogP contribution in [0.1, 0.15) is 44.7 Å². The summed E-state index contributed by atoms with van der Waals surface area (Å²) in [5.41, 5.74) is 4.01. The molecule has 1 amide bonds. The van der Waals surface area contributed by atoms with Gasteiger partial charge in [-0.2, -0.15) is 0 Å². The van der Waals surface area contributed by atoms with Gasteiger partial charge in [0.1, 0.15) is 0 Å². The summed E-state index contributed by atoms with van der Waals surface area (Å²) in [4.78, 5) is 12.3. The fraction of sp³-hybridized carbons (Fsp3) is 0.500. The van der Waals surface area contributed by atoms with Crippen molar-refractivity contribution in [1.82, 2.24) is 4.67 Å². The summed E-state index contributed by atoms with van der Waals surface area (Å²) in [6.45, 7) is 10.6. The molecule has 3 rings (SSSR count). The van der Waals surface area contributed by atoms with Gasteiger partial charge in [0, 0.05) is 22.0 Å². The largest absolute Gasteiger partial charge is 0.295 e. The number of carbonyl (C=O) groups excluding carboxylic acids is 1. The van der Waals surface area contributed by atoms with Crippen molar-refractivity contribution < 1.29 is 4.79 Å². The maximum atomic E-state index is 12.3. The van der Waals surface area contributed by atoms with E-state index < -0.39 is 8.07 Å². The molecule has 1 saturated heterocycles. The summed E-state index contributed by atoms with van der Waals surface area (Å²) in [5, 5.41) is 0. The van der Waals surface area contributed by atoms with Crippen LogP contribution in [0, 0.1) is 0 Å². The number of allylic oxidation sites excluding steroid dienone is 2. The molecule has 1 aliphatic carbocycles. The van der Waals surface area contributed by atoms with Crippen molar-refractivity contribution >= 4 is 29.9 Å². The number of amides is 1. The fourth-order valence-corrected chi connectivity index (χ4v) is 5.15. The highest BCUT2D eigenvalue weighted by atomic mass is 79.9. The van der Waals surface area contributed by atoms with Gasteiger partial charge in [-0.1, -0.05) is 41.9 Å². The second-order valence-corrected chi connectivity index (χ2v) is 8.99. The van der Waals surface area contributed by atoms with Crippen LogP contribution in [0.5, 0.6) is 0 Å². The van der Waals surface area contributed by atoms with Gasteiger partial charge >= 0.3 is 0 Å². The zero-order valence-corrected chi connectivity index (χ0v) is 16.6. The Morgan fingerprint density at radius 2 is 1.95 bits per heavy atom. The van der Waals surface area contributed by atoms with E-state index in [0.717, 1.165) is 17.3 Å². The monoisotopic (exact) mass is 381 g/mol. The van der Waals surface area contributed by atoms with Crippen molar-refractivity contribution in [3.05, 3.63) is 45.6 Å². The number of rotatable bonds is 1. The molecule has 1 aromatic carbocycles. The van der Waals surface area contributed by atoms with Crippen molar-refractivity contribution in [2.24, 2.45) is 0 Å². The van der Waals surface area contributed by atoms with Gasteiger partial charge < -0.3 is 0 Å². The second-order valence-electron chi connectivity index (χ2n) is 5.98. The Labute approximate surface area is 143 Å². The molecule has 0 bridgehead atoms. The van der Waals surface area contributed by atoms with E-state index in [1.807, 2.05) is 13.8 Å². The minimum Gasteiger partial charge on any atom is -0.295 e. The zero-order valence-electron chi connectivity index (χ0n) is 14.1. The lowest BCUT2D eigenvalue weighted by Crippen LogP contribution is -2.44. The van der Waals surface area contributed by atoms with E-state index >= 15 is 0 Å². The van der Waals surface area contributed by atoms with Crippen LogP contribution in [0.15, 0.2) is 34.4 Å². The Morgan fingerprint density at radius 3 is 2.59 bits per heavy atom. The van der Waals surface area contributed by atoms with E-state index in [1.54, 1.807) is 0 Å². The van der Waals surface area contributed by atoms with Gasteiger partial charge in [-0.3, -0.25) is 9.46 Å². The van der Waals surface area contributed by atoms with Crippen LogP contribution in [-0.2, 0) is 16.6 Å². The molecule has 4 heteroatoms. The van der Waals surface area contributed by atoms with Gasteiger partial charge in [-0.25, -0.2) is 0 Å². The van der Waals surface area contributed by atoms with Crippen molar-refractivity contribution in [1.29, 1.82) is 0 Å². The van der Waals surface area contributed by atoms with Crippen molar-refractivity contribution in [2.45, 2.75) is 45.4 Å². The highest BCUT2D eigenvalue weighted by Crippen LogP contribution is 2.52. The molecule has 22 heavy (non-hydrogen) atoms. The Bertz CT molecular complexity index is 611. The molecule has 1 aromatic rings. The number of nitrogens with zero attached hydrogens (tertiary/aromatic N) is 1. The topological polar surface area (TPSA) is 20.3 Å². The predicted octanol–water partition coefficient (Wildman–Crippen LogP) is 5.45. The lowest BCUT2D eigenvalue weighted by Gasteiger charge is -2.47. The average Bonchev–Trinajstić information content (AvgIpc) is 2.49. The van der Waals surface area contributed by atoms with E-state index in [9.17, 15) is 4.79 Å². The summed E-state index contributed by atoms with van der Waals surface area (Å²) >= 11 is 3.56. The first-order valence-electron chi connectivity index (χ1n) is 7.93. The van der Waals surface area contributed by atoms with Gasteiger partial charge in [0.05, 0.1) is 0 Å². The van der Waals surface area contributed by atoms with Gasteiger partial charge in [0.2, 0.25) is 5.91 Å². The number of piperidine rings is 1. The maximum absolute atomic E-state index is 12.3. The van der Waals surface area contributed by atoms with Crippen molar-refractivity contribution in [3.63, 3.8) is 0 Å². The van der Waals surface area contributed by atoms with Crippen LogP contribution in [0.4, 0.5) is 0 Å². The lowest BCUT2D eigenvalue weighted by atomic mass is 9.68. The molecule has 1 unspecified atom stereocenters. The smallest absolute Gasteiger partial charge is 0.230 e. The predicted molar refractivity (Wildman–Crippen MR) is 99.5 cm³/mol. The Balaban J connectivity index is 0.000000847. The number of benzene rings is 1. The second kappa shape index (κ2) is 6.84. The first-order valence-corrected chi connectivity index (χ1v) is 10.9. The Morgan fingerprint density at radius 1 is 1.27 bits per heavy atom. The van der Waals surface area contributed by atoms with E-state index in [-0.39, 0.29) is 5.41 Å². The highest BCUT2D eigenvalue weighted by molar-refractivity contribution is 9.10. The van der Waals surface area contributed by atoms with Crippen LogP contribution < -0.4 is 0 Å². The number of halogens is 1. The first kappa shape index (κ1) is 17.7. The van der Waals surface area contributed by atoms with Crippen LogP contribution in [0.25, 0.3) is 0 Å². The van der Waals surface area contributed by atoms with E-state index in [4.69, 9.17) is 0 Å². The summed E-state index contributed by atoms with van der Waals surface area (Å²) in [5.74, 6) is 0.297. The normalized spacial score (nSPS) is 23.3. The van der Waals surface area contributed by atoms with E-state index in [2.05, 4.69) is 65.1 Å². The molecule has 0 N–H and O–H groups in total. The molecule has 0 saturated carbocycles. The first-order chi connectivity index (χ1) is 10.4. The maximum Gasteiger partial charge on any atom is 0.230 e.